The number of rotatable bonds is 2. The van der Waals surface area contributed by atoms with E-state index in [1.54, 1.807) is 11.0 Å². The van der Waals surface area contributed by atoms with Gasteiger partial charge in [-0.3, -0.25) is 19.5 Å². The fourth-order valence-corrected chi connectivity index (χ4v) is 3.72. The van der Waals surface area contributed by atoms with Gasteiger partial charge < -0.3 is 10.2 Å². The number of hydrogen-bond acceptors (Lipinski definition) is 4. The van der Waals surface area contributed by atoms with Crippen molar-refractivity contribution in [2.24, 2.45) is 0 Å². The quantitative estimate of drug-likeness (QED) is 0.834. The third-order valence-corrected chi connectivity index (χ3v) is 5.09. The van der Waals surface area contributed by atoms with Crippen molar-refractivity contribution in [2.75, 3.05) is 19.6 Å². The van der Waals surface area contributed by atoms with Crippen LogP contribution < -0.4 is 5.32 Å². The molecule has 1 N–H and O–H groups in total. The summed E-state index contributed by atoms with van der Waals surface area (Å²) in [6.45, 7) is 3.01. The Hall–Kier alpha value is -2.96. The zero-order chi connectivity index (χ0) is 18.3. The maximum atomic E-state index is 13.0. The van der Waals surface area contributed by atoms with Crippen LogP contribution in [0.1, 0.15) is 28.9 Å². The number of pyridine rings is 1. The van der Waals surface area contributed by atoms with Crippen LogP contribution >= 0.6 is 0 Å². The van der Waals surface area contributed by atoms with Crippen LogP contribution in [0.4, 0.5) is 4.79 Å². The molecule has 2 aromatic rings. The number of fused-ring (bicyclic) bond motifs is 1. The molecule has 0 bridgehead atoms. The molecule has 0 radical (unpaired) electrons. The number of carbonyl (C=O) groups is 3. The summed E-state index contributed by atoms with van der Waals surface area (Å²) in [5.41, 5.74) is 2.18. The molecular weight excluding hydrogens is 332 g/mol. The highest BCUT2D eigenvalue weighted by molar-refractivity contribution is 6.05. The second-order valence-electron chi connectivity index (χ2n) is 6.78. The topological polar surface area (TPSA) is 82.6 Å². The van der Waals surface area contributed by atoms with Crippen LogP contribution in [-0.2, 0) is 4.79 Å². The number of amides is 4. The molecule has 4 rings (SSSR count). The molecule has 2 aliphatic heterocycles. The number of urea groups is 1. The van der Waals surface area contributed by atoms with Crippen molar-refractivity contribution < 1.29 is 14.4 Å². The summed E-state index contributed by atoms with van der Waals surface area (Å²) < 4.78 is 0. The Morgan fingerprint density at radius 1 is 1.15 bits per heavy atom. The van der Waals surface area contributed by atoms with E-state index in [1.165, 1.54) is 4.90 Å². The second-order valence-corrected chi connectivity index (χ2v) is 6.78. The van der Waals surface area contributed by atoms with Crippen molar-refractivity contribution in [2.45, 2.75) is 25.8 Å². The predicted molar refractivity (Wildman–Crippen MR) is 95.7 cm³/mol. The molecule has 7 nitrogen and oxygen atoms in total. The van der Waals surface area contributed by atoms with E-state index in [4.69, 9.17) is 0 Å². The lowest BCUT2D eigenvalue weighted by Crippen LogP contribution is -2.49. The van der Waals surface area contributed by atoms with Crippen LogP contribution in [0.3, 0.4) is 0 Å². The molecule has 0 unspecified atom stereocenters. The predicted octanol–water partition coefficient (Wildman–Crippen LogP) is 1.70. The van der Waals surface area contributed by atoms with Gasteiger partial charge in [0, 0.05) is 30.2 Å². The van der Waals surface area contributed by atoms with Crippen molar-refractivity contribution >= 4 is 28.7 Å². The van der Waals surface area contributed by atoms with E-state index in [1.807, 2.05) is 31.2 Å². The standard InChI is InChI=1S/C19H20N4O3/c1-12-5-6-13-3-2-4-15(17(13)21-12)18(25)22-9-7-14(8-10-22)23-16(24)11-20-19(23)26/h2-6,14H,7-11H2,1H3,(H,20,26). The molecule has 0 atom stereocenters. The highest BCUT2D eigenvalue weighted by atomic mass is 16.2. The highest BCUT2D eigenvalue weighted by Crippen LogP contribution is 2.23. The Bertz CT molecular complexity index is 887. The average Bonchev–Trinajstić information content (AvgIpc) is 2.99. The minimum atomic E-state index is -0.325. The third-order valence-electron chi connectivity index (χ3n) is 5.09. The third kappa shape index (κ3) is 2.79. The number of imide groups is 1. The molecule has 0 aliphatic carbocycles. The molecule has 1 aromatic carbocycles. The molecule has 2 aliphatic rings. The van der Waals surface area contributed by atoms with Gasteiger partial charge in [-0.15, -0.1) is 0 Å². The number of aryl methyl sites for hydroxylation is 1. The fraction of sp³-hybridized carbons (Fsp3) is 0.368. The number of para-hydroxylation sites is 1. The smallest absolute Gasteiger partial charge is 0.324 e. The normalized spacial score (nSPS) is 18.5. The van der Waals surface area contributed by atoms with Gasteiger partial charge in [0.1, 0.15) is 0 Å². The zero-order valence-electron chi connectivity index (χ0n) is 14.6. The first kappa shape index (κ1) is 16.5. The van der Waals surface area contributed by atoms with E-state index >= 15 is 0 Å². The fourth-order valence-electron chi connectivity index (χ4n) is 3.72. The van der Waals surface area contributed by atoms with Gasteiger partial charge in [0.25, 0.3) is 5.91 Å². The van der Waals surface area contributed by atoms with Gasteiger partial charge in [0.2, 0.25) is 5.91 Å². The lowest BCUT2D eigenvalue weighted by Gasteiger charge is -2.35. The molecule has 1 aromatic heterocycles. The van der Waals surface area contributed by atoms with Gasteiger partial charge in [-0.05, 0) is 31.9 Å². The molecule has 4 amide bonds. The molecule has 0 spiro atoms. The summed E-state index contributed by atoms with van der Waals surface area (Å²) in [7, 11) is 0. The van der Waals surface area contributed by atoms with Crippen molar-refractivity contribution in [3.8, 4) is 0 Å². The Morgan fingerprint density at radius 3 is 2.62 bits per heavy atom. The highest BCUT2D eigenvalue weighted by Gasteiger charge is 2.37. The Labute approximate surface area is 151 Å². The van der Waals surface area contributed by atoms with E-state index in [0.29, 0.717) is 37.0 Å². The number of benzene rings is 1. The van der Waals surface area contributed by atoms with Crippen LogP contribution in [0.5, 0.6) is 0 Å². The van der Waals surface area contributed by atoms with Crippen LogP contribution in [0.2, 0.25) is 0 Å². The van der Waals surface area contributed by atoms with Gasteiger partial charge in [0.15, 0.2) is 0 Å². The van der Waals surface area contributed by atoms with Crippen LogP contribution in [0.25, 0.3) is 10.9 Å². The van der Waals surface area contributed by atoms with Gasteiger partial charge in [-0.1, -0.05) is 18.2 Å². The van der Waals surface area contributed by atoms with Gasteiger partial charge in [-0.25, -0.2) is 4.79 Å². The first-order chi connectivity index (χ1) is 12.5. The molecule has 26 heavy (non-hydrogen) atoms. The minimum Gasteiger partial charge on any atom is -0.338 e. The zero-order valence-corrected chi connectivity index (χ0v) is 14.6. The lowest BCUT2D eigenvalue weighted by molar-refractivity contribution is -0.127. The monoisotopic (exact) mass is 352 g/mol. The van der Waals surface area contributed by atoms with Crippen molar-refractivity contribution in [3.05, 3.63) is 41.6 Å². The lowest BCUT2D eigenvalue weighted by atomic mass is 10.0. The van der Waals surface area contributed by atoms with E-state index in [0.717, 1.165) is 11.1 Å². The van der Waals surface area contributed by atoms with Crippen LogP contribution in [0, 0.1) is 6.92 Å². The number of carbonyl (C=O) groups excluding carboxylic acids is 3. The molecule has 2 saturated heterocycles. The number of piperidine rings is 1. The summed E-state index contributed by atoms with van der Waals surface area (Å²) in [5, 5.41) is 3.49. The van der Waals surface area contributed by atoms with Gasteiger partial charge >= 0.3 is 6.03 Å². The SMILES string of the molecule is Cc1ccc2cccc(C(=O)N3CCC(N4C(=O)CNC4=O)CC3)c2n1. The molecular formula is C19H20N4O3. The minimum absolute atomic E-state index is 0.0515. The average molecular weight is 352 g/mol. The summed E-state index contributed by atoms with van der Waals surface area (Å²) in [4.78, 5) is 44.3. The van der Waals surface area contributed by atoms with Crippen molar-refractivity contribution in [1.29, 1.82) is 0 Å². The van der Waals surface area contributed by atoms with E-state index in [-0.39, 0.29) is 30.4 Å². The van der Waals surface area contributed by atoms with E-state index in [2.05, 4.69) is 10.3 Å². The summed E-state index contributed by atoms with van der Waals surface area (Å²) in [5.74, 6) is -0.238. The summed E-state index contributed by atoms with van der Waals surface area (Å²) >= 11 is 0. The Balaban J connectivity index is 1.52. The number of likely N-dealkylation sites (tertiary alicyclic amines) is 1. The summed E-state index contributed by atoms with van der Waals surface area (Å²) in [6, 6.07) is 9.06. The summed E-state index contributed by atoms with van der Waals surface area (Å²) in [6.07, 6.45) is 1.20. The molecule has 3 heterocycles. The van der Waals surface area contributed by atoms with E-state index in [9.17, 15) is 14.4 Å². The largest absolute Gasteiger partial charge is 0.338 e. The number of aromatic nitrogens is 1. The van der Waals surface area contributed by atoms with Gasteiger partial charge in [0.05, 0.1) is 17.6 Å². The molecule has 0 saturated carbocycles. The molecule has 134 valence electrons. The van der Waals surface area contributed by atoms with E-state index < -0.39 is 0 Å². The van der Waals surface area contributed by atoms with Crippen LogP contribution in [-0.4, -0.2) is 58.3 Å². The number of nitrogens with one attached hydrogen (secondary N) is 1. The first-order valence-electron chi connectivity index (χ1n) is 8.80. The van der Waals surface area contributed by atoms with Gasteiger partial charge in [-0.2, -0.15) is 0 Å². The maximum Gasteiger partial charge on any atom is 0.324 e. The number of hydrogen-bond donors (Lipinski definition) is 1. The van der Waals surface area contributed by atoms with Crippen LogP contribution in [0.15, 0.2) is 30.3 Å². The van der Waals surface area contributed by atoms with Crippen molar-refractivity contribution in [1.82, 2.24) is 20.1 Å². The first-order valence-corrected chi connectivity index (χ1v) is 8.80. The Kier molecular flexibility index (Phi) is 4.06. The maximum absolute atomic E-state index is 13.0. The van der Waals surface area contributed by atoms with Crippen molar-refractivity contribution in [3.63, 3.8) is 0 Å². The number of nitrogens with zero attached hydrogens (tertiary/aromatic N) is 3. The Morgan fingerprint density at radius 2 is 1.92 bits per heavy atom. The second kappa shape index (κ2) is 6.40. The molecule has 2 fully saturated rings. The molecule has 7 heteroatoms.